The topological polar surface area (TPSA) is 70.8 Å². The van der Waals surface area contributed by atoms with E-state index in [0.29, 0.717) is 11.4 Å². The number of hydrogen-bond donors (Lipinski definition) is 2. The zero-order valence-corrected chi connectivity index (χ0v) is 9.45. The zero-order valence-electron chi connectivity index (χ0n) is 9.45. The molecule has 2 heterocycles. The predicted octanol–water partition coefficient (Wildman–Crippen LogP) is 1.40. The van der Waals surface area contributed by atoms with Gasteiger partial charge in [0.2, 0.25) is 11.9 Å². The van der Waals surface area contributed by atoms with E-state index in [9.17, 15) is 0 Å². The molecule has 2 rings (SSSR count). The third-order valence-corrected chi connectivity index (χ3v) is 3.11. The molecule has 15 heavy (non-hydrogen) atoms. The van der Waals surface area contributed by atoms with Crippen molar-refractivity contribution in [1.82, 2.24) is 15.2 Å². The second-order valence-corrected chi connectivity index (χ2v) is 5.03. The maximum Gasteiger partial charge on any atom is 0.246 e. The lowest BCUT2D eigenvalue weighted by Crippen LogP contribution is -2.26. The van der Waals surface area contributed by atoms with Crippen LogP contribution in [0.1, 0.15) is 33.1 Å². The summed E-state index contributed by atoms with van der Waals surface area (Å²) < 4.78 is 0. The number of rotatable bonds is 1. The molecule has 0 radical (unpaired) electrons. The molecule has 1 fully saturated rings. The third kappa shape index (κ3) is 2.40. The maximum absolute atomic E-state index is 5.52. The molecule has 0 saturated carbocycles. The van der Waals surface area contributed by atoms with Gasteiger partial charge in [-0.25, -0.2) is 5.10 Å². The van der Waals surface area contributed by atoms with Gasteiger partial charge in [0.05, 0.1) is 0 Å². The second kappa shape index (κ2) is 3.72. The van der Waals surface area contributed by atoms with Crippen LogP contribution in [0.4, 0.5) is 11.9 Å². The van der Waals surface area contributed by atoms with Gasteiger partial charge >= 0.3 is 0 Å². The normalized spacial score (nSPS) is 21.3. The minimum Gasteiger partial charge on any atom is -0.368 e. The average Bonchev–Trinajstić information content (AvgIpc) is 2.49. The van der Waals surface area contributed by atoms with Crippen LogP contribution >= 0.6 is 0 Å². The highest BCUT2D eigenvalue weighted by Crippen LogP contribution is 2.30. The third-order valence-electron chi connectivity index (χ3n) is 3.11. The molecule has 1 aliphatic rings. The van der Waals surface area contributed by atoms with E-state index in [0.717, 1.165) is 19.0 Å². The Balaban J connectivity index is 2.05. The Morgan fingerprint density at radius 1 is 1.33 bits per heavy atom. The van der Waals surface area contributed by atoms with Crippen LogP contribution in [0, 0.1) is 5.41 Å². The molecule has 5 nitrogen and oxygen atoms in total. The van der Waals surface area contributed by atoms with E-state index < -0.39 is 0 Å². The van der Waals surface area contributed by atoms with Crippen LogP contribution in [0.2, 0.25) is 0 Å². The van der Waals surface area contributed by atoms with Crippen LogP contribution < -0.4 is 10.6 Å². The first-order chi connectivity index (χ1) is 7.07. The number of nitrogens with zero attached hydrogens (tertiary/aromatic N) is 3. The smallest absolute Gasteiger partial charge is 0.246 e. The molecule has 1 aliphatic heterocycles. The summed E-state index contributed by atoms with van der Waals surface area (Å²) in [5.74, 6) is 1.14. The summed E-state index contributed by atoms with van der Waals surface area (Å²) in [7, 11) is 0. The number of anilines is 2. The van der Waals surface area contributed by atoms with Crippen molar-refractivity contribution in [2.24, 2.45) is 5.41 Å². The van der Waals surface area contributed by atoms with Gasteiger partial charge in [0, 0.05) is 13.1 Å². The first kappa shape index (κ1) is 10.3. The molecule has 84 valence electrons. The van der Waals surface area contributed by atoms with Crippen LogP contribution in [0.15, 0.2) is 0 Å². The van der Waals surface area contributed by atoms with Crippen molar-refractivity contribution in [2.75, 3.05) is 23.7 Å². The van der Waals surface area contributed by atoms with E-state index in [2.05, 4.69) is 33.9 Å². The fourth-order valence-corrected chi connectivity index (χ4v) is 2.03. The molecule has 0 unspecified atom stereocenters. The van der Waals surface area contributed by atoms with Crippen molar-refractivity contribution in [1.29, 1.82) is 0 Å². The van der Waals surface area contributed by atoms with Gasteiger partial charge in [-0.1, -0.05) is 13.8 Å². The molecule has 5 heteroatoms. The van der Waals surface area contributed by atoms with Gasteiger partial charge in [0.1, 0.15) is 0 Å². The van der Waals surface area contributed by atoms with Crippen molar-refractivity contribution >= 4 is 11.9 Å². The van der Waals surface area contributed by atoms with Crippen molar-refractivity contribution in [2.45, 2.75) is 33.1 Å². The van der Waals surface area contributed by atoms with Crippen molar-refractivity contribution in [3.8, 4) is 0 Å². The largest absolute Gasteiger partial charge is 0.368 e. The van der Waals surface area contributed by atoms with E-state index in [-0.39, 0.29) is 0 Å². The van der Waals surface area contributed by atoms with Crippen LogP contribution in [-0.4, -0.2) is 28.3 Å². The van der Waals surface area contributed by atoms with Gasteiger partial charge in [-0.05, 0) is 24.7 Å². The summed E-state index contributed by atoms with van der Waals surface area (Å²) in [5.41, 5.74) is 5.96. The molecule has 0 spiro atoms. The second-order valence-electron chi connectivity index (χ2n) is 5.03. The van der Waals surface area contributed by atoms with Crippen molar-refractivity contribution in [3.05, 3.63) is 0 Å². The number of aromatic nitrogens is 3. The van der Waals surface area contributed by atoms with Gasteiger partial charge < -0.3 is 10.6 Å². The zero-order chi connectivity index (χ0) is 10.9. The Morgan fingerprint density at radius 3 is 2.80 bits per heavy atom. The number of aromatic amines is 1. The number of nitrogens with two attached hydrogens (primary N) is 1. The monoisotopic (exact) mass is 209 g/mol. The summed E-state index contributed by atoms with van der Waals surface area (Å²) in [6.07, 6.45) is 3.65. The van der Waals surface area contributed by atoms with E-state index in [1.165, 1.54) is 19.3 Å². The van der Waals surface area contributed by atoms with Crippen LogP contribution in [0.25, 0.3) is 0 Å². The lowest BCUT2D eigenvalue weighted by Gasteiger charge is -2.22. The quantitative estimate of drug-likeness (QED) is 0.733. The first-order valence-electron chi connectivity index (χ1n) is 5.50. The van der Waals surface area contributed by atoms with Crippen LogP contribution in [-0.2, 0) is 0 Å². The Bertz CT molecular complexity index is 330. The van der Waals surface area contributed by atoms with Gasteiger partial charge in [0.25, 0.3) is 0 Å². The number of nitrogens with one attached hydrogen (secondary N) is 1. The van der Waals surface area contributed by atoms with Crippen LogP contribution in [0.3, 0.4) is 0 Å². The highest BCUT2D eigenvalue weighted by atomic mass is 15.4. The van der Waals surface area contributed by atoms with E-state index in [4.69, 9.17) is 5.73 Å². The van der Waals surface area contributed by atoms with Gasteiger partial charge in [-0.2, -0.15) is 4.98 Å². The highest BCUT2D eigenvalue weighted by Gasteiger charge is 2.24. The molecule has 0 atom stereocenters. The summed E-state index contributed by atoms with van der Waals surface area (Å²) in [6.45, 7) is 6.69. The molecule has 1 aromatic rings. The Labute approximate surface area is 90.1 Å². The lowest BCUT2D eigenvalue weighted by atomic mass is 9.85. The minimum absolute atomic E-state index is 0.397. The number of hydrogen-bond acceptors (Lipinski definition) is 4. The van der Waals surface area contributed by atoms with E-state index >= 15 is 0 Å². The summed E-state index contributed by atoms with van der Waals surface area (Å²) >= 11 is 0. The SMILES string of the molecule is CC1(C)CCCN(c2n[nH]c(N)n2)CC1. The van der Waals surface area contributed by atoms with Crippen LogP contribution in [0.5, 0.6) is 0 Å². The minimum atomic E-state index is 0.397. The van der Waals surface area contributed by atoms with Gasteiger partial charge in [-0.3, -0.25) is 0 Å². The fraction of sp³-hybridized carbons (Fsp3) is 0.800. The molecule has 1 aromatic heterocycles. The fourth-order valence-electron chi connectivity index (χ4n) is 2.03. The Morgan fingerprint density at radius 2 is 2.13 bits per heavy atom. The molecule has 0 bridgehead atoms. The maximum atomic E-state index is 5.52. The number of H-pyrrole nitrogens is 1. The van der Waals surface area contributed by atoms with E-state index in [1.807, 2.05) is 0 Å². The van der Waals surface area contributed by atoms with Crippen molar-refractivity contribution in [3.63, 3.8) is 0 Å². The molecule has 0 amide bonds. The molecular weight excluding hydrogens is 190 g/mol. The van der Waals surface area contributed by atoms with Gasteiger partial charge in [-0.15, -0.1) is 5.10 Å². The van der Waals surface area contributed by atoms with Crippen molar-refractivity contribution < 1.29 is 0 Å². The first-order valence-corrected chi connectivity index (χ1v) is 5.50. The lowest BCUT2D eigenvalue weighted by molar-refractivity contribution is 0.325. The average molecular weight is 209 g/mol. The van der Waals surface area contributed by atoms with E-state index in [1.54, 1.807) is 0 Å². The predicted molar refractivity (Wildman–Crippen MR) is 60.6 cm³/mol. The highest BCUT2D eigenvalue weighted by molar-refractivity contribution is 5.33. The van der Waals surface area contributed by atoms with Gasteiger partial charge in [0.15, 0.2) is 0 Å². The standard InChI is InChI=1S/C10H19N5/c1-10(2)4-3-6-15(7-5-10)9-12-8(11)13-14-9/h3-7H2,1-2H3,(H3,11,12,13,14). The summed E-state index contributed by atoms with van der Waals surface area (Å²) in [5, 5.41) is 6.78. The summed E-state index contributed by atoms with van der Waals surface area (Å²) in [4.78, 5) is 6.37. The molecule has 3 N–H and O–H groups in total. The molecule has 0 aliphatic carbocycles. The number of nitrogen functional groups attached to an aromatic ring is 1. The molecule has 0 aromatic carbocycles. The Hall–Kier alpha value is -1.26. The molecular formula is C10H19N5. The Kier molecular flexibility index (Phi) is 2.54. The summed E-state index contributed by atoms with van der Waals surface area (Å²) in [6, 6.07) is 0. The molecule has 1 saturated heterocycles.